The second-order valence-corrected chi connectivity index (χ2v) is 7.52. The van der Waals surface area contributed by atoms with E-state index in [-0.39, 0.29) is 24.8 Å². The monoisotopic (exact) mass is 340 g/mol. The van der Waals surface area contributed by atoms with Crippen LogP contribution in [0.2, 0.25) is 0 Å². The molecule has 1 aromatic heterocycles. The molecule has 2 aliphatic rings. The van der Waals surface area contributed by atoms with Gasteiger partial charge in [-0.15, -0.1) is 0 Å². The summed E-state index contributed by atoms with van der Waals surface area (Å²) in [5.41, 5.74) is -0.926. The normalized spacial score (nSPS) is 28.8. The molecule has 0 unspecified atom stereocenters. The number of piperidine rings is 2. The smallest absolute Gasteiger partial charge is 0.261 e. The van der Waals surface area contributed by atoms with Crippen LogP contribution in [0, 0.1) is 12.3 Å². The molecule has 3 heterocycles. The number of alkyl halides is 2. The van der Waals surface area contributed by atoms with Crippen molar-refractivity contribution in [2.24, 2.45) is 5.41 Å². The predicted octanol–water partition coefficient (Wildman–Crippen LogP) is 3.32. The SMILES string of the molecule is Cc1ccc([C@H](C)CCN2CC(F)(F)C[C@@]3(CCCNC3=O)C2)o1. The zero-order chi connectivity index (χ0) is 17.4. The summed E-state index contributed by atoms with van der Waals surface area (Å²) in [6.07, 6.45) is 1.74. The third-order valence-corrected chi connectivity index (χ3v) is 5.30. The molecule has 1 spiro atoms. The number of carbonyl (C=O) groups excluding carboxylic acids is 1. The van der Waals surface area contributed by atoms with Crippen LogP contribution in [0.4, 0.5) is 8.78 Å². The fourth-order valence-electron chi connectivity index (χ4n) is 4.06. The first kappa shape index (κ1) is 17.4. The summed E-state index contributed by atoms with van der Waals surface area (Å²) in [4.78, 5) is 14.0. The molecule has 2 saturated heterocycles. The highest BCUT2D eigenvalue weighted by molar-refractivity contribution is 5.83. The van der Waals surface area contributed by atoms with E-state index in [1.54, 1.807) is 4.90 Å². The van der Waals surface area contributed by atoms with Gasteiger partial charge in [0.1, 0.15) is 11.5 Å². The first-order chi connectivity index (χ1) is 11.3. The largest absolute Gasteiger partial charge is 0.466 e. The van der Waals surface area contributed by atoms with E-state index < -0.39 is 11.3 Å². The van der Waals surface area contributed by atoms with Crippen molar-refractivity contribution in [3.8, 4) is 0 Å². The van der Waals surface area contributed by atoms with Gasteiger partial charge in [0.2, 0.25) is 5.91 Å². The van der Waals surface area contributed by atoms with E-state index in [1.165, 1.54) is 0 Å². The minimum absolute atomic E-state index is 0.172. The fraction of sp³-hybridized carbons (Fsp3) is 0.722. The van der Waals surface area contributed by atoms with Crippen molar-refractivity contribution in [3.63, 3.8) is 0 Å². The minimum atomic E-state index is -2.81. The lowest BCUT2D eigenvalue weighted by Gasteiger charge is -2.47. The first-order valence-corrected chi connectivity index (χ1v) is 8.75. The molecule has 2 aliphatic heterocycles. The Bertz CT molecular complexity index is 602. The van der Waals surface area contributed by atoms with Gasteiger partial charge in [-0.2, -0.15) is 0 Å². The van der Waals surface area contributed by atoms with Crippen molar-refractivity contribution in [1.82, 2.24) is 10.2 Å². The highest BCUT2D eigenvalue weighted by atomic mass is 19.3. The van der Waals surface area contributed by atoms with Crippen LogP contribution in [0.15, 0.2) is 16.5 Å². The standard InChI is InChI=1S/C18H26F2N2O2/c1-13(15-5-4-14(2)24-15)6-9-22-11-17(10-18(19,20)12-22)7-3-8-21-16(17)23/h4-5,13H,3,6-12H2,1-2H3,(H,21,23)/t13-,17+/m1/s1. The summed E-state index contributed by atoms with van der Waals surface area (Å²) in [7, 11) is 0. The summed E-state index contributed by atoms with van der Waals surface area (Å²) < 4.78 is 34.2. The van der Waals surface area contributed by atoms with Crippen molar-refractivity contribution >= 4 is 5.91 Å². The van der Waals surface area contributed by atoms with Gasteiger partial charge in [-0.05, 0) is 44.9 Å². The van der Waals surface area contributed by atoms with Gasteiger partial charge in [0.25, 0.3) is 5.92 Å². The molecule has 2 atom stereocenters. The Kier molecular flexibility index (Phi) is 4.69. The number of hydrogen-bond acceptors (Lipinski definition) is 3. The Balaban J connectivity index is 1.65. The van der Waals surface area contributed by atoms with Crippen molar-refractivity contribution < 1.29 is 18.0 Å². The van der Waals surface area contributed by atoms with Crippen LogP contribution < -0.4 is 5.32 Å². The van der Waals surface area contributed by atoms with E-state index >= 15 is 0 Å². The summed E-state index contributed by atoms with van der Waals surface area (Å²) in [5, 5.41) is 2.78. The maximum absolute atomic E-state index is 14.3. The number of rotatable bonds is 4. The minimum Gasteiger partial charge on any atom is -0.466 e. The molecule has 2 fully saturated rings. The molecule has 0 bridgehead atoms. The lowest BCUT2D eigenvalue weighted by molar-refractivity contribution is -0.157. The summed E-state index contributed by atoms with van der Waals surface area (Å²) >= 11 is 0. The fourth-order valence-corrected chi connectivity index (χ4v) is 4.06. The number of halogens is 2. The molecule has 24 heavy (non-hydrogen) atoms. The number of likely N-dealkylation sites (tertiary alicyclic amines) is 1. The van der Waals surface area contributed by atoms with Crippen molar-refractivity contribution in [3.05, 3.63) is 23.7 Å². The lowest BCUT2D eigenvalue weighted by atomic mass is 9.72. The van der Waals surface area contributed by atoms with Crippen LogP contribution in [-0.2, 0) is 4.79 Å². The van der Waals surface area contributed by atoms with Crippen LogP contribution in [0.3, 0.4) is 0 Å². The summed E-state index contributed by atoms with van der Waals surface area (Å²) in [5.74, 6) is -1.09. The number of carbonyl (C=O) groups is 1. The van der Waals surface area contributed by atoms with Crippen LogP contribution in [-0.4, -0.2) is 42.9 Å². The zero-order valence-corrected chi connectivity index (χ0v) is 14.4. The van der Waals surface area contributed by atoms with E-state index in [1.807, 2.05) is 26.0 Å². The Labute approximate surface area is 141 Å². The molecule has 134 valence electrons. The molecule has 1 N–H and O–H groups in total. The number of aryl methyl sites for hydroxylation is 1. The molecule has 0 aromatic carbocycles. The van der Waals surface area contributed by atoms with Gasteiger partial charge in [0, 0.05) is 25.4 Å². The van der Waals surface area contributed by atoms with Gasteiger partial charge in [-0.3, -0.25) is 9.69 Å². The van der Waals surface area contributed by atoms with Gasteiger partial charge < -0.3 is 9.73 Å². The van der Waals surface area contributed by atoms with E-state index in [0.717, 1.165) is 24.4 Å². The van der Waals surface area contributed by atoms with Crippen molar-refractivity contribution in [1.29, 1.82) is 0 Å². The number of hydrogen-bond donors (Lipinski definition) is 1. The second kappa shape index (κ2) is 6.47. The molecule has 6 heteroatoms. The highest BCUT2D eigenvalue weighted by Gasteiger charge is 2.53. The topological polar surface area (TPSA) is 45.5 Å². The average molecular weight is 340 g/mol. The molecule has 0 saturated carbocycles. The van der Waals surface area contributed by atoms with Crippen LogP contribution in [0.5, 0.6) is 0 Å². The second-order valence-electron chi connectivity index (χ2n) is 7.52. The zero-order valence-electron chi connectivity index (χ0n) is 14.4. The van der Waals surface area contributed by atoms with E-state index in [9.17, 15) is 13.6 Å². The molecule has 0 radical (unpaired) electrons. The first-order valence-electron chi connectivity index (χ1n) is 8.75. The molecular formula is C18H26F2N2O2. The Morgan fingerprint density at radius 2 is 2.17 bits per heavy atom. The Morgan fingerprint density at radius 3 is 2.83 bits per heavy atom. The van der Waals surface area contributed by atoms with E-state index in [2.05, 4.69) is 5.32 Å². The Hall–Kier alpha value is -1.43. The molecular weight excluding hydrogens is 314 g/mol. The number of nitrogens with one attached hydrogen (secondary N) is 1. The van der Waals surface area contributed by atoms with Gasteiger partial charge in [-0.1, -0.05) is 6.92 Å². The van der Waals surface area contributed by atoms with Crippen LogP contribution >= 0.6 is 0 Å². The van der Waals surface area contributed by atoms with Crippen molar-refractivity contribution in [2.45, 2.75) is 51.4 Å². The highest BCUT2D eigenvalue weighted by Crippen LogP contribution is 2.43. The third-order valence-electron chi connectivity index (χ3n) is 5.30. The molecule has 1 aromatic rings. The van der Waals surface area contributed by atoms with Gasteiger partial charge in [0.05, 0.1) is 12.0 Å². The summed E-state index contributed by atoms with van der Waals surface area (Å²) in [6, 6.07) is 3.86. The predicted molar refractivity (Wildman–Crippen MR) is 87.2 cm³/mol. The van der Waals surface area contributed by atoms with Crippen LogP contribution in [0.25, 0.3) is 0 Å². The molecule has 1 amide bonds. The van der Waals surface area contributed by atoms with Crippen LogP contribution in [0.1, 0.15) is 50.0 Å². The van der Waals surface area contributed by atoms with Gasteiger partial charge >= 0.3 is 0 Å². The molecule has 4 nitrogen and oxygen atoms in total. The van der Waals surface area contributed by atoms with Crippen molar-refractivity contribution in [2.75, 3.05) is 26.2 Å². The van der Waals surface area contributed by atoms with E-state index in [4.69, 9.17) is 4.42 Å². The quantitative estimate of drug-likeness (QED) is 0.914. The lowest BCUT2D eigenvalue weighted by Crippen LogP contribution is -2.60. The van der Waals surface area contributed by atoms with Gasteiger partial charge in [0.15, 0.2) is 0 Å². The average Bonchev–Trinajstić information content (AvgIpc) is 2.93. The molecule has 0 aliphatic carbocycles. The Morgan fingerprint density at radius 1 is 1.38 bits per heavy atom. The van der Waals surface area contributed by atoms with Gasteiger partial charge in [-0.25, -0.2) is 8.78 Å². The van der Waals surface area contributed by atoms with E-state index in [0.29, 0.717) is 26.1 Å². The maximum atomic E-state index is 14.3. The summed E-state index contributed by atoms with van der Waals surface area (Å²) in [6.45, 7) is 5.26. The molecule has 3 rings (SSSR count). The number of amides is 1. The number of nitrogens with zero attached hydrogens (tertiary/aromatic N) is 1. The maximum Gasteiger partial charge on any atom is 0.261 e. The third kappa shape index (κ3) is 3.63. The number of furan rings is 1.